The van der Waals surface area contributed by atoms with Gasteiger partial charge in [-0.1, -0.05) is 45.1 Å². The molecule has 1 nitrogen and oxygen atoms in total. The third kappa shape index (κ3) is 8.03. The van der Waals surface area contributed by atoms with Crippen molar-refractivity contribution < 1.29 is 0 Å². The average molecular weight is 195 g/mol. The smallest absolute Gasteiger partial charge is 0.0356 e. The number of unbranched alkanes of at least 4 members (excludes halogenated alkanes) is 5. The first kappa shape index (κ1) is 13.4. The molecule has 0 aliphatic heterocycles. The van der Waals surface area contributed by atoms with Gasteiger partial charge in [-0.05, 0) is 26.7 Å². The van der Waals surface area contributed by atoms with E-state index < -0.39 is 0 Å². The third-order valence-corrected chi connectivity index (χ3v) is 2.41. The summed E-state index contributed by atoms with van der Waals surface area (Å²) in [5.74, 6) is 0. The highest BCUT2D eigenvalue weighted by atomic mass is 14.7. The van der Waals surface area contributed by atoms with Crippen LogP contribution in [0.3, 0.4) is 0 Å². The molecule has 0 atom stereocenters. The molecule has 0 rings (SSSR count). The van der Waals surface area contributed by atoms with Crippen molar-refractivity contribution in [3.63, 3.8) is 0 Å². The maximum atomic E-state index is 4.31. The Labute approximate surface area is 89.3 Å². The van der Waals surface area contributed by atoms with Crippen LogP contribution in [0.1, 0.15) is 65.7 Å². The second-order valence-corrected chi connectivity index (χ2v) is 3.69. The second-order valence-electron chi connectivity index (χ2n) is 3.69. The van der Waals surface area contributed by atoms with Crippen molar-refractivity contribution in [1.29, 1.82) is 0 Å². The number of nitrogens with zero attached hydrogens (tertiary/aromatic N) is 1. The Bertz CT molecular complexity index is 168. The molecule has 0 saturated carbocycles. The Morgan fingerprint density at radius 2 is 1.64 bits per heavy atom. The highest BCUT2D eigenvalue weighted by Crippen LogP contribution is 2.12. The molecule has 0 spiro atoms. The quantitative estimate of drug-likeness (QED) is 0.392. The van der Waals surface area contributed by atoms with Gasteiger partial charge in [0, 0.05) is 11.9 Å². The first-order valence-corrected chi connectivity index (χ1v) is 5.99. The van der Waals surface area contributed by atoms with Crippen molar-refractivity contribution >= 4 is 6.21 Å². The maximum absolute atomic E-state index is 4.31. The lowest BCUT2D eigenvalue weighted by molar-refractivity contribution is 0.605. The van der Waals surface area contributed by atoms with E-state index in [1.807, 2.05) is 13.1 Å². The third-order valence-electron chi connectivity index (χ3n) is 2.41. The summed E-state index contributed by atoms with van der Waals surface area (Å²) in [6.07, 6.45) is 13.3. The van der Waals surface area contributed by atoms with Gasteiger partial charge in [-0.2, -0.15) is 0 Å². The van der Waals surface area contributed by atoms with E-state index in [0.717, 1.165) is 6.42 Å². The molecular weight excluding hydrogens is 170 g/mol. The zero-order chi connectivity index (χ0) is 10.6. The van der Waals surface area contributed by atoms with E-state index in [0.29, 0.717) is 0 Å². The number of hydrogen-bond acceptors (Lipinski definition) is 1. The summed E-state index contributed by atoms with van der Waals surface area (Å²) in [6.45, 7) is 6.30. The van der Waals surface area contributed by atoms with Gasteiger partial charge in [-0.15, -0.1) is 0 Å². The van der Waals surface area contributed by atoms with Gasteiger partial charge >= 0.3 is 0 Å². The molecule has 0 unspecified atom stereocenters. The minimum Gasteiger partial charge on any atom is -0.266 e. The molecule has 0 aromatic rings. The molecule has 0 aliphatic carbocycles. The molecule has 0 fully saturated rings. The van der Waals surface area contributed by atoms with Crippen molar-refractivity contribution in [2.24, 2.45) is 4.99 Å². The molecule has 0 N–H and O–H groups in total. The predicted molar refractivity (Wildman–Crippen MR) is 65.9 cm³/mol. The minimum atomic E-state index is 1.15. The monoisotopic (exact) mass is 195 g/mol. The fraction of sp³-hybridized carbons (Fsp3) is 0.769. The summed E-state index contributed by atoms with van der Waals surface area (Å²) in [7, 11) is 0. The van der Waals surface area contributed by atoms with Crippen LogP contribution in [-0.2, 0) is 0 Å². The van der Waals surface area contributed by atoms with E-state index in [1.54, 1.807) is 0 Å². The molecule has 0 saturated heterocycles. The molecule has 0 bridgehead atoms. The Hall–Kier alpha value is -0.590. The molecule has 82 valence electrons. The van der Waals surface area contributed by atoms with Crippen molar-refractivity contribution in [1.82, 2.24) is 0 Å². The van der Waals surface area contributed by atoms with Crippen LogP contribution >= 0.6 is 0 Å². The van der Waals surface area contributed by atoms with Crippen LogP contribution in [0, 0.1) is 0 Å². The fourth-order valence-electron chi connectivity index (χ4n) is 1.54. The van der Waals surface area contributed by atoms with Gasteiger partial charge in [0.25, 0.3) is 0 Å². The summed E-state index contributed by atoms with van der Waals surface area (Å²) in [5.41, 5.74) is 1.24. The van der Waals surface area contributed by atoms with E-state index in [4.69, 9.17) is 0 Å². The number of allylic oxidation sites excluding steroid dienone is 2. The van der Waals surface area contributed by atoms with Gasteiger partial charge in [0.1, 0.15) is 0 Å². The van der Waals surface area contributed by atoms with Crippen LogP contribution in [0.4, 0.5) is 0 Å². The second kappa shape index (κ2) is 10.5. The van der Waals surface area contributed by atoms with Crippen LogP contribution in [0.2, 0.25) is 0 Å². The molecule has 0 heterocycles. The molecule has 0 aliphatic rings. The van der Waals surface area contributed by atoms with Crippen LogP contribution in [-0.4, -0.2) is 6.21 Å². The SMILES string of the molecule is CC=N/C(=C\C)CCCCCCCC. The molecule has 0 amide bonds. The lowest BCUT2D eigenvalue weighted by Gasteiger charge is -2.01. The Balaban J connectivity index is 3.34. The Kier molecular flexibility index (Phi) is 10.0. The number of rotatable bonds is 8. The van der Waals surface area contributed by atoms with Crippen LogP contribution in [0.25, 0.3) is 0 Å². The van der Waals surface area contributed by atoms with E-state index in [1.165, 1.54) is 44.2 Å². The summed E-state index contributed by atoms with van der Waals surface area (Å²) in [5, 5.41) is 0. The highest BCUT2D eigenvalue weighted by Gasteiger charge is 1.93. The van der Waals surface area contributed by atoms with Gasteiger partial charge < -0.3 is 0 Å². The standard InChI is InChI=1S/C13H25N/c1-4-7-8-9-10-11-12-13(5-2)14-6-3/h5-6H,4,7-12H2,1-3H3/b13-5-,14-6?. The van der Waals surface area contributed by atoms with Gasteiger partial charge in [0.05, 0.1) is 0 Å². The number of hydrogen-bond donors (Lipinski definition) is 0. The maximum Gasteiger partial charge on any atom is 0.0356 e. The first-order valence-electron chi connectivity index (χ1n) is 5.99. The van der Waals surface area contributed by atoms with Gasteiger partial charge in [0.15, 0.2) is 0 Å². The molecule has 1 heteroatoms. The predicted octanol–water partition coefficient (Wildman–Crippen LogP) is 4.73. The first-order chi connectivity index (χ1) is 6.85. The Morgan fingerprint density at radius 1 is 1.00 bits per heavy atom. The topological polar surface area (TPSA) is 12.4 Å². The summed E-state index contributed by atoms with van der Waals surface area (Å²) >= 11 is 0. The van der Waals surface area contributed by atoms with E-state index >= 15 is 0 Å². The normalized spacial score (nSPS) is 12.6. The lowest BCUT2D eigenvalue weighted by atomic mass is 10.1. The number of aliphatic imine (C=N–C) groups is 1. The summed E-state index contributed by atoms with van der Waals surface area (Å²) < 4.78 is 0. The molecule has 0 radical (unpaired) electrons. The van der Waals surface area contributed by atoms with Crippen molar-refractivity contribution in [3.05, 3.63) is 11.8 Å². The minimum absolute atomic E-state index is 1.15. The molecule has 0 aromatic carbocycles. The molecule has 14 heavy (non-hydrogen) atoms. The Morgan fingerprint density at radius 3 is 2.21 bits per heavy atom. The summed E-state index contributed by atoms with van der Waals surface area (Å²) in [4.78, 5) is 4.31. The van der Waals surface area contributed by atoms with E-state index in [-0.39, 0.29) is 0 Å². The van der Waals surface area contributed by atoms with Gasteiger partial charge in [-0.25, -0.2) is 0 Å². The van der Waals surface area contributed by atoms with Crippen LogP contribution in [0.15, 0.2) is 16.8 Å². The largest absolute Gasteiger partial charge is 0.266 e. The van der Waals surface area contributed by atoms with Gasteiger partial charge in [0.2, 0.25) is 0 Å². The molecule has 0 aromatic heterocycles. The zero-order valence-corrected chi connectivity index (χ0v) is 10.1. The van der Waals surface area contributed by atoms with Crippen molar-refractivity contribution in [3.8, 4) is 0 Å². The highest BCUT2D eigenvalue weighted by molar-refractivity contribution is 5.55. The fourth-order valence-corrected chi connectivity index (χ4v) is 1.54. The van der Waals surface area contributed by atoms with Gasteiger partial charge in [-0.3, -0.25) is 4.99 Å². The van der Waals surface area contributed by atoms with Crippen LogP contribution < -0.4 is 0 Å². The van der Waals surface area contributed by atoms with Crippen molar-refractivity contribution in [2.75, 3.05) is 0 Å². The van der Waals surface area contributed by atoms with E-state index in [9.17, 15) is 0 Å². The summed E-state index contributed by atoms with van der Waals surface area (Å²) in [6, 6.07) is 0. The lowest BCUT2D eigenvalue weighted by Crippen LogP contribution is -1.82. The van der Waals surface area contributed by atoms with Crippen molar-refractivity contribution in [2.45, 2.75) is 65.7 Å². The molecular formula is C13H25N. The average Bonchev–Trinajstić information content (AvgIpc) is 2.21. The van der Waals surface area contributed by atoms with Crippen LogP contribution in [0.5, 0.6) is 0 Å². The zero-order valence-electron chi connectivity index (χ0n) is 10.1. The van der Waals surface area contributed by atoms with E-state index in [2.05, 4.69) is 24.9 Å².